The molecule has 0 atom stereocenters. The number of hydrogen-bond donors (Lipinski definition) is 1. The molecule has 2 aromatic rings. The van der Waals surface area contributed by atoms with Crippen LogP contribution >= 0.6 is 0 Å². The maximum atomic E-state index is 13.1. The highest BCUT2D eigenvalue weighted by atomic mass is 19.1. The Morgan fingerprint density at radius 2 is 1.88 bits per heavy atom. The van der Waals surface area contributed by atoms with Gasteiger partial charge in [-0.2, -0.15) is 0 Å². The van der Waals surface area contributed by atoms with Crippen LogP contribution < -0.4 is 10.1 Å². The molecule has 2 nitrogen and oxygen atoms in total. The zero-order valence-electron chi connectivity index (χ0n) is 9.61. The molecule has 0 saturated carbocycles. The molecule has 2 aromatic carbocycles. The van der Waals surface area contributed by atoms with Crippen molar-refractivity contribution in [3.63, 3.8) is 0 Å². The summed E-state index contributed by atoms with van der Waals surface area (Å²) in [6.07, 6.45) is 0. The molecule has 1 N–H and O–H groups in total. The fraction of sp³-hybridized carbons (Fsp3) is 0.143. The molecule has 0 aliphatic carbocycles. The van der Waals surface area contributed by atoms with E-state index in [1.807, 2.05) is 30.3 Å². The van der Waals surface area contributed by atoms with Gasteiger partial charge in [0.05, 0.1) is 7.11 Å². The summed E-state index contributed by atoms with van der Waals surface area (Å²) >= 11 is 0. The second-order valence-corrected chi connectivity index (χ2v) is 3.68. The van der Waals surface area contributed by atoms with Gasteiger partial charge in [-0.3, -0.25) is 0 Å². The van der Waals surface area contributed by atoms with Crippen molar-refractivity contribution in [1.82, 2.24) is 0 Å². The molecule has 0 heterocycles. The van der Waals surface area contributed by atoms with Gasteiger partial charge in [0.1, 0.15) is 11.6 Å². The zero-order chi connectivity index (χ0) is 12.1. The van der Waals surface area contributed by atoms with Crippen molar-refractivity contribution in [3.05, 3.63) is 59.9 Å². The molecular formula is C14H14FNO. The van der Waals surface area contributed by atoms with E-state index in [-0.39, 0.29) is 5.82 Å². The van der Waals surface area contributed by atoms with Crippen LogP contribution in [0.1, 0.15) is 5.56 Å². The van der Waals surface area contributed by atoms with Gasteiger partial charge in [0.15, 0.2) is 0 Å². The van der Waals surface area contributed by atoms with E-state index in [4.69, 9.17) is 4.74 Å². The summed E-state index contributed by atoms with van der Waals surface area (Å²) in [5.41, 5.74) is 1.80. The summed E-state index contributed by atoms with van der Waals surface area (Å²) in [6, 6.07) is 14.3. The highest BCUT2D eigenvalue weighted by molar-refractivity contribution is 5.45. The molecular weight excluding hydrogens is 217 g/mol. The number of halogens is 1. The second-order valence-electron chi connectivity index (χ2n) is 3.68. The Kier molecular flexibility index (Phi) is 3.60. The van der Waals surface area contributed by atoms with Gasteiger partial charge >= 0.3 is 0 Å². The fourth-order valence-corrected chi connectivity index (χ4v) is 1.64. The van der Waals surface area contributed by atoms with Gasteiger partial charge in [-0.25, -0.2) is 4.39 Å². The summed E-state index contributed by atoms with van der Waals surface area (Å²) in [6.45, 7) is 0.533. The van der Waals surface area contributed by atoms with Crippen molar-refractivity contribution in [1.29, 1.82) is 0 Å². The van der Waals surface area contributed by atoms with Gasteiger partial charge in [-0.15, -0.1) is 0 Å². The van der Waals surface area contributed by atoms with Crippen molar-refractivity contribution < 1.29 is 9.13 Å². The van der Waals surface area contributed by atoms with E-state index >= 15 is 0 Å². The summed E-state index contributed by atoms with van der Waals surface area (Å²) in [7, 11) is 1.58. The number of rotatable bonds is 4. The van der Waals surface area contributed by atoms with Gasteiger partial charge < -0.3 is 10.1 Å². The average Bonchev–Trinajstić information content (AvgIpc) is 2.38. The Hall–Kier alpha value is -2.03. The van der Waals surface area contributed by atoms with Gasteiger partial charge in [-0.05, 0) is 30.3 Å². The third kappa shape index (κ3) is 2.97. The number of para-hydroxylation sites is 1. The molecule has 88 valence electrons. The Morgan fingerprint density at radius 3 is 2.59 bits per heavy atom. The monoisotopic (exact) mass is 231 g/mol. The highest BCUT2D eigenvalue weighted by Gasteiger charge is 2.04. The second kappa shape index (κ2) is 5.34. The predicted octanol–water partition coefficient (Wildman–Crippen LogP) is 3.45. The topological polar surface area (TPSA) is 21.3 Å². The van der Waals surface area contributed by atoms with Crippen molar-refractivity contribution in [2.24, 2.45) is 0 Å². The molecule has 0 aromatic heterocycles. The Labute approximate surface area is 100 Å². The molecule has 0 bridgehead atoms. The van der Waals surface area contributed by atoms with E-state index in [1.54, 1.807) is 13.2 Å². The SMILES string of the molecule is COc1ccc(F)cc1CNc1ccccc1. The maximum absolute atomic E-state index is 13.1. The molecule has 0 fully saturated rings. The van der Waals surface area contributed by atoms with Crippen LogP contribution in [0.5, 0.6) is 5.75 Å². The smallest absolute Gasteiger partial charge is 0.124 e. The first kappa shape index (κ1) is 11.5. The quantitative estimate of drug-likeness (QED) is 0.870. The number of nitrogens with one attached hydrogen (secondary N) is 1. The Balaban J connectivity index is 2.11. The zero-order valence-corrected chi connectivity index (χ0v) is 9.61. The van der Waals surface area contributed by atoms with Gasteiger partial charge in [0.25, 0.3) is 0 Å². The summed E-state index contributed by atoms with van der Waals surface area (Å²) in [5, 5.41) is 3.22. The molecule has 0 saturated heterocycles. The molecule has 0 aliphatic heterocycles. The first-order valence-corrected chi connectivity index (χ1v) is 5.41. The Morgan fingerprint density at radius 1 is 1.12 bits per heavy atom. The van der Waals surface area contributed by atoms with Crippen molar-refractivity contribution >= 4 is 5.69 Å². The molecule has 17 heavy (non-hydrogen) atoms. The first-order chi connectivity index (χ1) is 8.29. The molecule has 3 heteroatoms. The van der Waals surface area contributed by atoms with Gasteiger partial charge in [0, 0.05) is 17.8 Å². The predicted molar refractivity (Wildman–Crippen MR) is 66.7 cm³/mol. The van der Waals surface area contributed by atoms with Crippen LogP contribution in [0, 0.1) is 5.82 Å². The summed E-state index contributed by atoms with van der Waals surface area (Å²) in [5.74, 6) is 0.436. The van der Waals surface area contributed by atoms with Crippen LogP contribution in [0.2, 0.25) is 0 Å². The molecule has 0 radical (unpaired) electrons. The lowest BCUT2D eigenvalue weighted by Crippen LogP contribution is -2.02. The van der Waals surface area contributed by atoms with Gasteiger partial charge in [0.2, 0.25) is 0 Å². The summed E-state index contributed by atoms with van der Waals surface area (Å²) in [4.78, 5) is 0. The van der Waals surface area contributed by atoms with Crippen LogP contribution in [0.25, 0.3) is 0 Å². The first-order valence-electron chi connectivity index (χ1n) is 5.41. The number of methoxy groups -OCH3 is 1. The van der Waals surface area contributed by atoms with Crippen LogP contribution in [0.3, 0.4) is 0 Å². The third-order valence-corrected chi connectivity index (χ3v) is 2.50. The minimum absolute atomic E-state index is 0.254. The molecule has 0 unspecified atom stereocenters. The molecule has 2 rings (SSSR count). The van der Waals surface area contributed by atoms with E-state index in [0.29, 0.717) is 12.3 Å². The highest BCUT2D eigenvalue weighted by Crippen LogP contribution is 2.20. The lowest BCUT2D eigenvalue weighted by Gasteiger charge is -2.10. The van der Waals surface area contributed by atoms with Crippen LogP contribution in [-0.4, -0.2) is 7.11 Å². The standard InChI is InChI=1S/C14H14FNO/c1-17-14-8-7-12(15)9-11(14)10-16-13-5-3-2-4-6-13/h2-9,16H,10H2,1H3. The lowest BCUT2D eigenvalue weighted by atomic mass is 10.2. The number of benzene rings is 2. The lowest BCUT2D eigenvalue weighted by molar-refractivity contribution is 0.409. The van der Waals surface area contributed by atoms with Crippen molar-refractivity contribution in [2.45, 2.75) is 6.54 Å². The summed E-state index contributed by atoms with van der Waals surface area (Å²) < 4.78 is 18.3. The fourth-order valence-electron chi connectivity index (χ4n) is 1.64. The largest absolute Gasteiger partial charge is 0.496 e. The average molecular weight is 231 g/mol. The third-order valence-electron chi connectivity index (χ3n) is 2.50. The Bertz CT molecular complexity index is 485. The van der Waals surface area contributed by atoms with Crippen molar-refractivity contribution in [3.8, 4) is 5.75 Å². The van der Waals surface area contributed by atoms with Crippen LogP contribution in [0.4, 0.5) is 10.1 Å². The molecule has 0 amide bonds. The van der Waals surface area contributed by atoms with E-state index in [9.17, 15) is 4.39 Å². The molecule has 0 aliphatic rings. The normalized spacial score (nSPS) is 10.0. The van der Waals surface area contributed by atoms with Crippen molar-refractivity contribution in [2.75, 3.05) is 12.4 Å². The van der Waals surface area contributed by atoms with E-state index in [2.05, 4.69) is 5.32 Å². The van der Waals surface area contributed by atoms with Crippen LogP contribution in [0.15, 0.2) is 48.5 Å². The van der Waals surface area contributed by atoms with Crippen LogP contribution in [-0.2, 0) is 6.54 Å². The number of ether oxygens (including phenoxy) is 1. The minimum Gasteiger partial charge on any atom is -0.496 e. The van der Waals surface area contributed by atoms with Gasteiger partial charge in [-0.1, -0.05) is 18.2 Å². The maximum Gasteiger partial charge on any atom is 0.124 e. The van der Waals surface area contributed by atoms with E-state index < -0.39 is 0 Å². The van der Waals surface area contributed by atoms with E-state index in [0.717, 1.165) is 11.3 Å². The number of anilines is 1. The molecule has 0 spiro atoms. The number of hydrogen-bond acceptors (Lipinski definition) is 2. The minimum atomic E-state index is -0.254. The van der Waals surface area contributed by atoms with E-state index in [1.165, 1.54) is 12.1 Å².